The fourth-order valence-electron chi connectivity index (χ4n) is 7.66. The van der Waals surface area contributed by atoms with E-state index in [4.69, 9.17) is 9.47 Å². The molecule has 2 unspecified atom stereocenters. The Morgan fingerprint density at radius 3 is 1.12 bits per heavy atom. The van der Waals surface area contributed by atoms with Crippen molar-refractivity contribution in [1.82, 2.24) is 0 Å². The highest BCUT2D eigenvalue weighted by Gasteiger charge is 2.53. The minimum atomic E-state index is -1.88. The van der Waals surface area contributed by atoms with Gasteiger partial charge in [0.25, 0.3) is 0 Å². The van der Waals surface area contributed by atoms with Crippen LogP contribution < -0.4 is 0 Å². The van der Waals surface area contributed by atoms with E-state index in [1.807, 2.05) is 84.9 Å². The molecule has 6 atom stereocenters. The van der Waals surface area contributed by atoms with Crippen LogP contribution in [0, 0.1) is 0 Å². The van der Waals surface area contributed by atoms with E-state index in [0.717, 1.165) is 53.9 Å². The maximum atomic E-state index is 13.7. The van der Waals surface area contributed by atoms with Crippen LogP contribution in [0.5, 0.6) is 0 Å². The Morgan fingerprint density at radius 2 is 0.729 bits per heavy atom. The second kappa shape index (κ2) is 10.6. The number of carbonyl (C=O) groups excluding carboxylic acids is 2. The zero-order valence-electron chi connectivity index (χ0n) is 25.3. The standard InChI is InChI=1S/C40H28O8/c41-33-34(42)37(47-39(45)27-17-13-23-9-7-19-3-1-5-21-11-15-25(27)31(23)29(19)21)36(44)38(35(33)43)48-40(46)28-18-14-24-10-8-20-4-2-6-22-12-16-26(28)32(24)30(20)22/h1-18,33-38,41-44H/t33?,34-,35+,36?,37+,38-. The average molecular weight is 637 g/mol. The Kier molecular flexibility index (Phi) is 6.34. The summed E-state index contributed by atoms with van der Waals surface area (Å²) in [4.78, 5) is 27.4. The second-order valence-corrected chi connectivity index (χ2v) is 12.6. The van der Waals surface area contributed by atoms with Gasteiger partial charge in [-0.2, -0.15) is 0 Å². The Bertz CT molecular complexity index is 2350. The summed E-state index contributed by atoms with van der Waals surface area (Å²) in [5.41, 5.74) is 0.394. The predicted octanol–water partition coefficient (Wildman–Crippen LogP) is 5.69. The van der Waals surface area contributed by atoms with Gasteiger partial charge in [0.2, 0.25) is 0 Å². The maximum Gasteiger partial charge on any atom is 0.339 e. The minimum absolute atomic E-state index is 0.197. The van der Waals surface area contributed by atoms with E-state index >= 15 is 0 Å². The van der Waals surface area contributed by atoms with Crippen LogP contribution in [0.2, 0.25) is 0 Å². The third kappa shape index (κ3) is 4.11. The first-order valence-electron chi connectivity index (χ1n) is 15.8. The molecule has 0 heterocycles. The Labute approximate surface area is 272 Å². The highest BCUT2D eigenvalue weighted by Crippen LogP contribution is 2.38. The van der Waals surface area contributed by atoms with E-state index in [2.05, 4.69) is 0 Å². The molecular formula is C40H28O8. The SMILES string of the molecule is O=C(O[C@@H]1C(O)[C@H](OC(=O)c2ccc3ccc4cccc5ccc2c3c45)[C@@H](O)C(O)[C@H]1O)c1ccc2ccc3cccc4ccc1c2c34. The molecular weight excluding hydrogens is 608 g/mol. The molecule has 0 saturated heterocycles. The third-order valence-electron chi connectivity index (χ3n) is 10.0. The summed E-state index contributed by atoms with van der Waals surface area (Å²) < 4.78 is 11.3. The Balaban J connectivity index is 1.04. The fourth-order valence-corrected chi connectivity index (χ4v) is 7.66. The van der Waals surface area contributed by atoms with Crippen LogP contribution in [0.1, 0.15) is 20.7 Å². The van der Waals surface area contributed by atoms with Gasteiger partial charge in [-0.3, -0.25) is 0 Å². The van der Waals surface area contributed by atoms with Crippen LogP contribution in [-0.4, -0.2) is 69.0 Å². The van der Waals surface area contributed by atoms with Gasteiger partial charge < -0.3 is 29.9 Å². The molecule has 0 aromatic heterocycles. The smallest absolute Gasteiger partial charge is 0.339 e. The Hall–Kier alpha value is -5.38. The van der Waals surface area contributed by atoms with Crippen LogP contribution in [0.4, 0.5) is 0 Å². The molecule has 1 aliphatic rings. The largest absolute Gasteiger partial charge is 0.453 e. The third-order valence-corrected chi connectivity index (χ3v) is 10.0. The summed E-state index contributed by atoms with van der Waals surface area (Å²) in [7, 11) is 0. The number of carbonyl (C=O) groups is 2. The molecule has 48 heavy (non-hydrogen) atoms. The van der Waals surface area contributed by atoms with Gasteiger partial charge >= 0.3 is 11.9 Å². The number of esters is 2. The van der Waals surface area contributed by atoms with Crippen LogP contribution >= 0.6 is 0 Å². The lowest BCUT2D eigenvalue weighted by Crippen LogP contribution is -2.65. The molecule has 0 bridgehead atoms. The summed E-state index contributed by atoms with van der Waals surface area (Å²) in [5, 5.41) is 54.8. The summed E-state index contributed by atoms with van der Waals surface area (Å²) in [6.45, 7) is 0. The van der Waals surface area contributed by atoms with Gasteiger partial charge in [-0.1, -0.05) is 97.1 Å². The molecule has 0 spiro atoms. The molecule has 8 heteroatoms. The molecule has 0 aliphatic heterocycles. The van der Waals surface area contributed by atoms with Crippen molar-refractivity contribution in [2.45, 2.75) is 36.6 Å². The summed E-state index contributed by atoms with van der Waals surface area (Å²) in [6, 6.07) is 34.2. The zero-order chi connectivity index (χ0) is 32.8. The average Bonchev–Trinajstić information content (AvgIpc) is 3.12. The van der Waals surface area contributed by atoms with Crippen molar-refractivity contribution in [2.24, 2.45) is 0 Å². The zero-order valence-corrected chi connectivity index (χ0v) is 25.3. The van der Waals surface area contributed by atoms with Gasteiger partial charge in [0, 0.05) is 0 Å². The first-order chi connectivity index (χ1) is 23.3. The predicted molar refractivity (Wildman–Crippen MR) is 183 cm³/mol. The molecule has 236 valence electrons. The van der Waals surface area contributed by atoms with E-state index in [0.29, 0.717) is 10.8 Å². The van der Waals surface area contributed by atoms with Crippen LogP contribution in [0.25, 0.3) is 64.6 Å². The quantitative estimate of drug-likeness (QED) is 0.143. The van der Waals surface area contributed by atoms with Gasteiger partial charge in [-0.25, -0.2) is 9.59 Å². The highest BCUT2D eigenvalue weighted by molar-refractivity contribution is 6.27. The minimum Gasteiger partial charge on any atom is -0.453 e. The van der Waals surface area contributed by atoms with Crippen LogP contribution in [0.15, 0.2) is 109 Å². The van der Waals surface area contributed by atoms with Crippen LogP contribution in [-0.2, 0) is 9.47 Å². The number of hydrogen-bond acceptors (Lipinski definition) is 8. The molecule has 0 amide bonds. The van der Waals surface area contributed by atoms with Gasteiger partial charge in [0.15, 0.2) is 12.2 Å². The number of ether oxygens (including phenoxy) is 2. The molecule has 8 nitrogen and oxygen atoms in total. The fraction of sp³-hybridized carbons (Fsp3) is 0.150. The second-order valence-electron chi connectivity index (χ2n) is 12.6. The van der Waals surface area contributed by atoms with E-state index in [9.17, 15) is 30.0 Å². The number of hydrogen-bond donors (Lipinski definition) is 4. The topological polar surface area (TPSA) is 134 Å². The summed E-state index contributed by atoms with van der Waals surface area (Å²) in [6.07, 6.45) is -10.9. The van der Waals surface area contributed by atoms with Crippen molar-refractivity contribution in [2.75, 3.05) is 0 Å². The molecule has 1 aliphatic carbocycles. The molecule has 8 aromatic rings. The molecule has 4 N–H and O–H groups in total. The number of aliphatic hydroxyl groups excluding tert-OH is 4. The summed E-state index contributed by atoms with van der Waals surface area (Å²) in [5.74, 6) is -1.70. The van der Waals surface area contributed by atoms with E-state index in [-0.39, 0.29) is 11.1 Å². The number of benzene rings is 8. The molecule has 1 fully saturated rings. The molecule has 1 saturated carbocycles. The number of rotatable bonds is 4. The van der Waals surface area contributed by atoms with Crippen molar-refractivity contribution in [3.05, 3.63) is 120 Å². The molecule has 0 radical (unpaired) electrons. The number of aliphatic hydroxyl groups is 4. The Morgan fingerprint density at radius 1 is 0.396 bits per heavy atom. The van der Waals surface area contributed by atoms with Gasteiger partial charge in [-0.05, 0) is 76.8 Å². The van der Waals surface area contributed by atoms with Crippen LogP contribution in [0.3, 0.4) is 0 Å². The maximum absolute atomic E-state index is 13.7. The summed E-state index contributed by atoms with van der Waals surface area (Å²) >= 11 is 0. The lowest BCUT2D eigenvalue weighted by molar-refractivity contribution is -0.223. The van der Waals surface area contributed by atoms with Crippen molar-refractivity contribution in [3.63, 3.8) is 0 Å². The lowest BCUT2D eigenvalue weighted by atomic mass is 9.84. The van der Waals surface area contributed by atoms with Crippen molar-refractivity contribution >= 4 is 76.6 Å². The lowest BCUT2D eigenvalue weighted by Gasteiger charge is -2.42. The van der Waals surface area contributed by atoms with Crippen molar-refractivity contribution in [3.8, 4) is 0 Å². The van der Waals surface area contributed by atoms with Gasteiger partial charge in [0.05, 0.1) is 11.1 Å². The van der Waals surface area contributed by atoms with Gasteiger partial charge in [-0.15, -0.1) is 0 Å². The first-order valence-corrected chi connectivity index (χ1v) is 15.8. The molecule has 9 rings (SSSR count). The molecule has 8 aromatic carbocycles. The van der Waals surface area contributed by atoms with Crippen molar-refractivity contribution < 1.29 is 39.5 Å². The van der Waals surface area contributed by atoms with E-state index in [1.165, 1.54) is 0 Å². The monoisotopic (exact) mass is 636 g/mol. The normalized spacial score (nSPS) is 23.2. The van der Waals surface area contributed by atoms with Crippen molar-refractivity contribution in [1.29, 1.82) is 0 Å². The van der Waals surface area contributed by atoms with Gasteiger partial charge in [0.1, 0.15) is 24.4 Å². The van der Waals surface area contributed by atoms with E-state index in [1.54, 1.807) is 24.3 Å². The first kappa shape index (κ1) is 28.8. The highest BCUT2D eigenvalue weighted by atomic mass is 16.6. The van der Waals surface area contributed by atoms with E-state index < -0.39 is 48.6 Å².